The van der Waals surface area contributed by atoms with Crippen LogP contribution in [0.3, 0.4) is 0 Å². The van der Waals surface area contributed by atoms with Crippen molar-refractivity contribution in [1.29, 1.82) is 0 Å². The molecule has 4 aliphatic heterocycles. The summed E-state index contributed by atoms with van der Waals surface area (Å²) in [6, 6.07) is 20.2. The first kappa shape index (κ1) is 43.3. The third-order valence-electron chi connectivity index (χ3n) is 12.3. The van der Waals surface area contributed by atoms with Gasteiger partial charge in [-0.1, -0.05) is 81.1 Å². The molecule has 11 nitrogen and oxygen atoms in total. The number of methoxy groups -OCH3 is 1. The molecule has 310 valence electrons. The predicted molar refractivity (Wildman–Crippen MR) is 212 cm³/mol. The van der Waals surface area contributed by atoms with Crippen molar-refractivity contribution >= 4 is 13.4 Å². The monoisotopic (exact) mass is 798 g/mol. The van der Waals surface area contributed by atoms with Crippen LogP contribution in [0.5, 0.6) is 0 Å². The van der Waals surface area contributed by atoms with Crippen molar-refractivity contribution < 1.29 is 51.6 Å². The Labute approximate surface area is 333 Å². The molecule has 4 heterocycles. The Morgan fingerprint density at radius 1 is 0.929 bits per heavy atom. The zero-order valence-corrected chi connectivity index (χ0v) is 34.8. The van der Waals surface area contributed by atoms with Crippen molar-refractivity contribution in [2.24, 2.45) is 11.8 Å². The molecule has 1 spiro atoms. The fraction of sp³-hybridized carbons (Fsp3) is 0.659. The second-order valence-corrected chi connectivity index (χ2v) is 18.4. The number of carbonyl (C=O) groups excluding carboxylic acids is 1. The molecule has 4 aliphatic rings. The average Bonchev–Trinajstić information content (AvgIpc) is 3.23. The molecule has 12 heteroatoms. The van der Waals surface area contributed by atoms with Crippen LogP contribution in [0.25, 0.3) is 0 Å². The van der Waals surface area contributed by atoms with E-state index < -0.39 is 37.5 Å². The summed E-state index contributed by atoms with van der Waals surface area (Å²) in [6.07, 6.45) is 4.56. The van der Waals surface area contributed by atoms with Gasteiger partial charge in [-0.25, -0.2) is 0 Å². The number of carbonyl (C=O) groups is 1. The molecule has 0 amide bonds. The maximum atomic E-state index is 13.0. The summed E-state index contributed by atoms with van der Waals surface area (Å²) in [7, 11) is 0.647. The number of rotatable bonds is 18. The Balaban J connectivity index is 1.24. The van der Waals surface area contributed by atoms with E-state index in [4.69, 9.17) is 42.2 Å². The smallest absolute Gasteiger partial charge is 0.337 e. The van der Waals surface area contributed by atoms with Gasteiger partial charge in [-0.15, -0.1) is 0 Å². The number of Topliss-reactive ketones (excluding diaryl/α,β-unsaturated/α-hetero) is 1. The topological polar surface area (TPSA) is 117 Å². The van der Waals surface area contributed by atoms with E-state index in [1.54, 1.807) is 7.11 Å². The van der Waals surface area contributed by atoms with E-state index in [1.165, 1.54) is 14.2 Å². The van der Waals surface area contributed by atoms with Crippen molar-refractivity contribution in [3.8, 4) is 0 Å². The van der Waals surface area contributed by atoms with Gasteiger partial charge in [0.15, 0.2) is 11.6 Å². The Bertz CT molecular complexity index is 1590. The minimum atomic E-state index is -3.50. The molecule has 10 atom stereocenters. The fourth-order valence-corrected chi connectivity index (χ4v) is 9.90. The molecule has 56 heavy (non-hydrogen) atoms. The number of benzene rings is 2. The van der Waals surface area contributed by atoms with Gasteiger partial charge in [0.05, 0.1) is 38.1 Å². The molecular weight excluding hydrogens is 735 g/mol. The van der Waals surface area contributed by atoms with Gasteiger partial charge in [0, 0.05) is 53.4 Å². The first-order valence-electron chi connectivity index (χ1n) is 20.4. The molecule has 0 aliphatic carbocycles. The van der Waals surface area contributed by atoms with E-state index in [9.17, 15) is 9.36 Å². The molecule has 2 aromatic carbocycles. The zero-order chi connectivity index (χ0) is 39.8. The lowest BCUT2D eigenvalue weighted by Gasteiger charge is -2.52. The maximum absolute atomic E-state index is 13.0. The Morgan fingerprint density at radius 2 is 1.62 bits per heavy atom. The minimum Gasteiger partial charge on any atom is -0.370 e. The normalized spacial score (nSPS) is 32.1. The standard InChI is InChI=1S/C44H63O11P/c1-31-19-23-44(22-13-14-26-52-44)54-39(31)32(2)27-38(50-28-34-15-9-7-10-16-34)40-33(3)41(51-29-35-17-11-8-12-18-35)42-37(53-40)21-25-43(47-4,55-42)24-20-36(45)30-56(46,48-5)49-6/h7-12,15-18,31-32,37-42H,3,13-14,19-30H2,1-2,4-6H3/t31-,32+,37-,38+,39+,40+,41-,42-,43-,44+/m1/s1. The summed E-state index contributed by atoms with van der Waals surface area (Å²) in [4.78, 5) is 13.0. The Kier molecular flexibility index (Phi) is 15.2. The van der Waals surface area contributed by atoms with E-state index in [1.807, 2.05) is 48.5 Å². The molecule has 2 aromatic rings. The van der Waals surface area contributed by atoms with Gasteiger partial charge in [0.1, 0.15) is 30.3 Å². The van der Waals surface area contributed by atoms with Crippen molar-refractivity contribution in [1.82, 2.24) is 0 Å². The maximum Gasteiger partial charge on any atom is 0.337 e. The summed E-state index contributed by atoms with van der Waals surface area (Å²) in [6.45, 7) is 10.7. The summed E-state index contributed by atoms with van der Waals surface area (Å²) in [5.41, 5.74) is 2.83. The number of fused-ring (bicyclic) bond motifs is 1. The van der Waals surface area contributed by atoms with E-state index in [2.05, 4.69) is 32.6 Å². The highest BCUT2D eigenvalue weighted by molar-refractivity contribution is 7.54. The quantitative estimate of drug-likeness (QED) is 0.107. The highest BCUT2D eigenvalue weighted by atomic mass is 31.2. The van der Waals surface area contributed by atoms with Crippen LogP contribution < -0.4 is 0 Å². The molecule has 0 aromatic heterocycles. The molecule has 0 radical (unpaired) electrons. The number of hydrogen-bond donors (Lipinski definition) is 0. The summed E-state index contributed by atoms with van der Waals surface area (Å²) < 4.78 is 69.5. The van der Waals surface area contributed by atoms with Gasteiger partial charge < -0.3 is 42.2 Å². The summed E-state index contributed by atoms with van der Waals surface area (Å²) >= 11 is 0. The van der Waals surface area contributed by atoms with Crippen LogP contribution in [0.4, 0.5) is 0 Å². The summed E-state index contributed by atoms with van der Waals surface area (Å²) in [5, 5.41) is 0. The SMILES string of the molecule is C=C1[C@@H](OCc2ccccc2)[C@@H]2O[C@@](CCC(=O)CP(=O)(OC)OC)(OC)CC[C@H]2O[C@@H]1[C@H](C[C@H](C)[C@H]1O[C@@]2(CCCCO2)CC[C@H]1C)OCc1ccccc1. The Morgan fingerprint density at radius 3 is 2.27 bits per heavy atom. The van der Waals surface area contributed by atoms with E-state index in [0.29, 0.717) is 38.4 Å². The fourth-order valence-electron chi connectivity index (χ4n) is 8.90. The van der Waals surface area contributed by atoms with Gasteiger partial charge in [0.2, 0.25) is 0 Å². The van der Waals surface area contributed by atoms with Crippen LogP contribution in [-0.4, -0.2) is 88.1 Å². The Hall–Kier alpha value is -2.28. The first-order chi connectivity index (χ1) is 27.0. The van der Waals surface area contributed by atoms with Crippen molar-refractivity contribution in [2.45, 2.75) is 139 Å². The second kappa shape index (κ2) is 19.6. The largest absolute Gasteiger partial charge is 0.370 e. The van der Waals surface area contributed by atoms with E-state index in [-0.39, 0.29) is 49.0 Å². The third-order valence-corrected chi connectivity index (χ3v) is 14.1. The number of ether oxygens (including phenoxy) is 7. The van der Waals surface area contributed by atoms with Gasteiger partial charge in [-0.2, -0.15) is 0 Å². The van der Waals surface area contributed by atoms with Gasteiger partial charge in [-0.3, -0.25) is 9.36 Å². The molecule has 0 saturated carbocycles. The lowest BCUT2D eigenvalue weighted by molar-refractivity contribution is -0.328. The number of ketones is 1. The van der Waals surface area contributed by atoms with Gasteiger partial charge in [0.25, 0.3) is 0 Å². The van der Waals surface area contributed by atoms with Crippen LogP contribution in [-0.2, 0) is 64.8 Å². The van der Waals surface area contributed by atoms with Crippen LogP contribution in [0, 0.1) is 11.8 Å². The second-order valence-electron chi connectivity index (χ2n) is 16.2. The average molecular weight is 799 g/mol. The molecule has 4 saturated heterocycles. The predicted octanol–water partition coefficient (Wildman–Crippen LogP) is 8.58. The lowest BCUT2D eigenvalue weighted by atomic mass is 9.79. The highest BCUT2D eigenvalue weighted by Gasteiger charge is 2.53. The molecule has 0 unspecified atom stereocenters. The molecule has 6 rings (SSSR count). The minimum absolute atomic E-state index is 0.00383. The van der Waals surface area contributed by atoms with Crippen molar-refractivity contribution in [2.75, 3.05) is 34.1 Å². The molecule has 0 bridgehead atoms. The van der Waals surface area contributed by atoms with Crippen LogP contribution in [0.15, 0.2) is 72.8 Å². The zero-order valence-electron chi connectivity index (χ0n) is 33.9. The molecule has 4 fully saturated rings. The first-order valence-corrected chi connectivity index (χ1v) is 22.2. The van der Waals surface area contributed by atoms with E-state index in [0.717, 1.165) is 55.4 Å². The van der Waals surface area contributed by atoms with Gasteiger partial charge >= 0.3 is 7.60 Å². The highest BCUT2D eigenvalue weighted by Crippen LogP contribution is 2.48. The van der Waals surface area contributed by atoms with Crippen LogP contribution >= 0.6 is 7.60 Å². The van der Waals surface area contributed by atoms with E-state index >= 15 is 0 Å². The van der Waals surface area contributed by atoms with Crippen molar-refractivity contribution in [3.05, 3.63) is 83.9 Å². The van der Waals surface area contributed by atoms with Crippen molar-refractivity contribution in [3.63, 3.8) is 0 Å². The summed E-state index contributed by atoms with van der Waals surface area (Å²) in [5.74, 6) is -1.34. The third kappa shape index (κ3) is 10.7. The van der Waals surface area contributed by atoms with Crippen LogP contribution in [0.1, 0.15) is 89.2 Å². The molecular formula is C44H63O11P. The number of hydrogen-bond acceptors (Lipinski definition) is 11. The van der Waals surface area contributed by atoms with Gasteiger partial charge in [-0.05, 0) is 60.6 Å². The lowest BCUT2D eigenvalue weighted by Crippen LogP contribution is -2.61. The van der Waals surface area contributed by atoms with Crippen LogP contribution in [0.2, 0.25) is 0 Å². The molecule has 0 N–H and O–H groups in total.